The molecule has 0 unspecified atom stereocenters. The van der Waals surface area contributed by atoms with Gasteiger partial charge in [-0.1, -0.05) is 31.4 Å². The van der Waals surface area contributed by atoms with Gasteiger partial charge in [-0.05, 0) is 30.5 Å². The smallest absolute Gasteiger partial charge is 0.0990 e. The highest BCUT2D eigenvalue weighted by molar-refractivity contribution is 5.41. The molecule has 0 bridgehead atoms. The van der Waals surface area contributed by atoms with Crippen LogP contribution in [0.2, 0.25) is 0 Å². The minimum atomic E-state index is -0.239. The lowest BCUT2D eigenvalue weighted by Gasteiger charge is -2.35. The first-order chi connectivity index (χ1) is 7.27. The molecule has 0 radical (unpaired) electrons. The van der Waals surface area contributed by atoms with Crippen molar-refractivity contribution in [2.45, 2.75) is 37.5 Å². The van der Waals surface area contributed by atoms with Crippen LogP contribution in [0.3, 0.4) is 0 Å². The molecular weight excluding hydrogens is 189 g/mol. The van der Waals surface area contributed by atoms with Crippen molar-refractivity contribution in [3.63, 3.8) is 0 Å². The number of alkyl halides is 1. The molecule has 0 amide bonds. The molecule has 0 aromatic heterocycles. The number of rotatable bonds is 2. The lowest BCUT2D eigenvalue weighted by molar-refractivity contribution is 0.226. The summed E-state index contributed by atoms with van der Waals surface area (Å²) >= 11 is 0. The van der Waals surface area contributed by atoms with E-state index in [-0.39, 0.29) is 12.1 Å². The average Bonchev–Trinajstić information content (AvgIpc) is 2.31. The highest BCUT2D eigenvalue weighted by Crippen LogP contribution is 2.39. The summed E-state index contributed by atoms with van der Waals surface area (Å²) in [6.07, 6.45) is 5.50. The molecule has 82 valence electrons. The first kappa shape index (κ1) is 10.5. The molecule has 1 aromatic rings. The third-order valence-electron chi connectivity index (χ3n) is 3.59. The van der Waals surface area contributed by atoms with Gasteiger partial charge in [0.05, 0.1) is 6.67 Å². The Balaban J connectivity index is 2.28. The summed E-state index contributed by atoms with van der Waals surface area (Å²) in [5.74, 6) is 0. The summed E-state index contributed by atoms with van der Waals surface area (Å²) in [5, 5.41) is 0. The SMILES string of the molecule is Nc1ccc(C2(CF)CCCCC2)cc1. The van der Waals surface area contributed by atoms with Crippen LogP contribution >= 0.6 is 0 Å². The average molecular weight is 207 g/mol. The lowest BCUT2D eigenvalue weighted by Crippen LogP contribution is -2.31. The molecule has 1 nitrogen and oxygen atoms in total. The first-order valence-electron chi connectivity index (χ1n) is 5.69. The monoisotopic (exact) mass is 207 g/mol. The van der Waals surface area contributed by atoms with Crippen LogP contribution in [-0.4, -0.2) is 6.67 Å². The predicted octanol–water partition coefficient (Wildman–Crippen LogP) is 3.44. The largest absolute Gasteiger partial charge is 0.399 e. The predicted molar refractivity (Wildman–Crippen MR) is 61.6 cm³/mol. The first-order valence-corrected chi connectivity index (χ1v) is 5.69. The van der Waals surface area contributed by atoms with Gasteiger partial charge in [0, 0.05) is 11.1 Å². The molecule has 1 saturated carbocycles. The van der Waals surface area contributed by atoms with Gasteiger partial charge in [0.25, 0.3) is 0 Å². The van der Waals surface area contributed by atoms with Crippen molar-refractivity contribution in [2.24, 2.45) is 0 Å². The van der Waals surface area contributed by atoms with E-state index in [0.29, 0.717) is 0 Å². The quantitative estimate of drug-likeness (QED) is 0.739. The zero-order chi connectivity index (χ0) is 10.7. The van der Waals surface area contributed by atoms with Crippen LogP contribution in [0.25, 0.3) is 0 Å². The number of nitrogens with two attached hydrogens (primary N) is 1. The van der Waals surface area contributed by atoms with Crippen molar-refractivity contribution in [1.82, 2.24) is 0 Å². The van der Waals surface area contributed by atoms with Crippen molar-refractivity contribution in [3.8, 4) is 0 Å². The zero-order valence-corrected chi connectivity index (χ0v) is 9.01. The zero-order valence-electron chi connectivity index (χ0n) is 9.01. The second-order valence-corrected chi connectivity index (χ2v) is 4.60. The van der Waals surface area contributed by atoms with Gasteiger partial charge < -0.3 is 5.73 Å². The molecule has 2 N–H and O–H groups in total. The standard InChI is InChI=1S/C13H18FN/c14-10-13(8-2-1-3-9-13)11-4-6-12(15)7-5-11/h4-7H,1-3,8-10,15H2. The highest BCUT2D eigenvalue weighted by atomic mass is 19.1. The number of anilines is 1. The van der Waals surface area contributed by atoms with E-state index < -0.39 is 0 Å². The van der Waals surface area contributed by atoms with Crippen molar-refractivity contribution < 1.29 is 4.39 Å². The second-order valence-electron chi connectivity index (χ2n) is 4.60. The molecule has 0 atom stereocenters. The minimum Gasteiger partial charge on any atom is -0.399 e. The van der Waals surface area contributed by atoms with Crippen molar-refractivity contribution in [1.29, 1.82) is 0 Å². The molecule has 0 aliphatic heterocycles. The van der Waals surface area contributed by atoms with Gasteiger partial charge in [-0.3, -0.25) is 4.39 Å². The van der Waals surface area contributed by atoms with Crippen LogP contribution in [0.5, 0.6) is 0 Å². The van der Waals surface area contributed by atoms with E-state index in [1.54, 1.807) is 0 Å². The van der Waals surface area contributed by atoms with E-state index in [9.17, 15) is 4.39 Å². The van der Waals surface area contributed by atoms with Crippen molar-refractivity contribution in [2.75, 3.05) is 12.4 Å². The van der Waals surface area contributed by atoms with Crippen molar-refractivity contribution >= 4 is 5.69 Å². The number of hydrogen-bond donors (Lipinski definition) is 1. The lowest BCUT2D eigenvalue weighted by atomic mass is 9.70. The fourth-order valence-corrected chi connectivity index (χ4v) is 2.56. The van der Waals surface area contributed by atoms with Crippen LogP contribution in [0, 0.1) is 0 Å². The van der Waals surface area contributed by atoms with Gasteiger partial charge in [0.1, 0.15) is 0 Å². The highest BCUT2D eigenvalue weighted by Gasteiger charge is 2.33. The molecule has 0 heterocycles. The summed E-state index contributed by atoms with van der Waals surface area (Å²) < 4.78 is 13.3. The van der Waals surface area contributed by atoms with Gasteiger partial charge in [0.2, 0.25) is 0 Å². The number of hydrogen-bond acceptors (Lipinski definition) is 1. The summed E-state index contributed by atoms with van der Waals surface area (Å²) in [5.41, 5.74) is 7.31. The molecule has 1 aliphatic rings. The number of nitrogen functional groups attached to an aromatic ring is 1. The maximum absolute atomic E-state index is 13.3. The van der Waals surface area contributed by atoms with Crippen LogP contribution in [0.4, 0.5) is 10.1 Å². The van der Waals surface area contributed by atoms with E-state index in [2.05, 4.69) is 0 Å². The summed E-state index contributed by atoms with van der Waals surface area (Å²) in [6, 6.07) is 7.73. The van der Waals surface area contributed by atoms with Gasteiger partial charge in [-0.15, -0.1) is 0 Å². The van der Waals surface area contributed by atoms with E-state index in [4.69, 9.17) is 5.73 Å². The molecule has 2 heteroatoms. The fraction of sp³-hybridized carbons (Fsp3) is 0.538. The Kier molecular flexibility index (Phi) is 2.94. The maximum Gasteiger partial charge on any atom is 0.0990 e. The molecule has 0 spiro atoms. The third-order valence-corrected chi connectivity index (χ3v) is 3.59. The molecular formula is C13H18FN. The Morgan fingerprint density at radius 2 is 1.67 bits per heavy atom. The fourth-order valence-electron chi connectivity index (χ4n) is 2.56. The Morgan fingerprint density at radius 1 is 1.07 bits per heavy atom. The van der Waals surface area contributed by atoms with Crippen LogP contribution < -0.4 is 5.73 Å². The molecule has 1 aliphatic carbocycles. The summed E-state index contributed by atoms with van der Waals surface area (Å²) in [4.78, 5) is 0. The van der Waals surface area contributed by atoms with E-state index in [0.717, 1.165) is 36.9 Å². The summed E-state index contributed by atoms with van der Waals surface area (Å²) in [7, 11) is 0. The van der Waals surface area contributed by atoms with Crippen molar-refractivity contribution in [3.05, 3.63) is 29.8 Å². The summed E-state index contributed by atoms with van der Waals surface area (Å²) in [6.45, 7) is -0.239. The van der Waals surface area contributed by atoms with Gasteiger partial charge in [-0.25, -0.2) is 0 Å². The number of benzene rings is 1. The van der Waals surface area contributed by atoms with E-state index in [1.807, 2.05) is 24.3 Å². The Labute approximate surface area is 90.5 Å². The second kappa shape index (κ2) is 4.21. The molecule has 15 heavy (non-hydrogen) atoms. The Bertz CT molecular complexity index is 312. The maximum atomic E-state index is 13.3. The van der Waals surface area contributed by atoms with E-state index in [1.165, 1.54) is 6.42 Å². The Morgan fingerprint density at radius 3 is 2.20 bits per heavy atom. The Hall–Kier alpha value is -1.05. The van der Waals surface area contributed by atoms with Crippen LogP contribution in [0.1, 0.15) is 37.7 Å². The van der Waals surface area contributed by atoms with Crippen LogP contribution in [-0.2, 0) is 5.41 Å². The third kappa shape index (κ3) is 1.99. The topological polar surface area (TPSA) is 26.0 Å². The number of halogens is 1. The van der Waals surface area contributed by atoms with Crippen LogP contribution in [0.15, 0.2) is 24.3 Å². The molecule has 0 saturated heterocycles. The molecule has 1 fully saturated rings. The van der Waals surface area contributed by atoms with Gasteiger partial charge in [-0.2, -0.15) is 0 Å². The molecule has 2 rings (SSSR count). The normalized spacial score (nSPS) is 20.1. The van der Waals surface area contributed by atoms with Gasteiger partial charge in [0.15, 0.2) is 0 Å². The minimum absolute atomic E-state index is 0.216. The van der Waals surface area contributed by atoms with E-state index >= 15 is 0 Å². The van der Waals surface area contributed by atoms with Gasteiger partial charge >= 0.3 is 0 Å². The molecule has 1 aromatic carbocycles.